The molecule has 1 aliphatic heterocycles. The summed E-state index contributed by atoms with van der Waals surface area (Å²) >= 11 is 0. The van der Waals surface area contributed by atoms with Crippen LogP contribution in [0.4, 0.5) is 0 Å². The van der Waals surface area contributed by atoms with E-state index in [0.29, 0.717) is 0 Å². The molecule has 0 aromatic rings. The number of aliphatic imine (C=N–C) groups is 1. The fourth-order valence-electron chi connectivity index (χ4n) is 1.42. The second kappa shape index (κ2) is 4.91. The Labute approximate surface area is 84.0 Å². The van der Waals surface area contributed by atoms with Gasteiger partial charge in [-0.15, -0.1) is 0 Å². The van der Waals surface area contributed by atoms with Crippen LogP contribution in [0.15, 0.2) is 17.1 Å². The van der Waals surface area contributed by atoms with Crippen LogP contribution in [0.2, 0.25) is 0 Å². The molecule has 1 rings (SSSR count). The molecule has 78 valence electrons. The van der Waals surface area contributed by atoms with E-state index in [1.807, 2.05) is 26.0 Å². The monoisotopic (exact) mass is 196 g/mol. The van der Waals surface area contributed by atoms with Gasteiger partial charge in [-0.2, -0.15) is 0 Å². The number of dihydropyridines is 1. The van der Waals surface area contributed by atoms with Gasteiger partial charge in [-0.25, -0.2) is 0 Å². The van der Waals surface area contributed by atoms with Crippen LogP contribution in [0, 0.1) is 5.92 Å². The SMILES string of the molecule is CCN[C@@H]1N=C(C)C=C[C@H]1C(=O)OC. The lowest BCUT2D eigenvalue weighted by atomic mass is 10.0. The number of esters is 1. The number of carbonyl (C=O) groups excluding carboxylic acids is 1. The third-order valence-corrected chi connectivity index (χ3v) is 2.11. The van der Waals surface area contributed by atoms with Gasteiger partial charge < -0.3 is 4.74 Å². The highest BCUT2D eigenvalue weighted by Gasteiger charge is 2.27. The van der Waals surface area contributed by atoms with Gasteiger partial charge in [0, 0.05) is 5.71 Å². The van der Waals surface area contributed by atoms with Crippen LogP contribution in [0.3, 0.4) is 0 Å². The zero-order valence-electron chi connectivity index (χ0n) is 8.78. The number of methoxy groups -OCH3 is 1. The minimum Gasteiger partial charge on any atom is -0.468 e. The van der Waals surface area contributed by atoms with Crippen LogP contribution in [0.5, 0.6) is 0 Å². The first-order valence-electron chi connectivity index (χ1n) is 4.72. The lowest BCUT2D eigenvalue weighted by Gasteiger charge is -2.23. The number of nitrogens with zero attached hydrogens (tertiary/aromatic N) is 1. The average molecular weight is 196 g/mol. The second-order valence-corrected chi connectivity index (χ2v) is 3.18. The van der Waals surface area contributed by atoms with Gasteiger partial charge in [0.25, 0.3) is 0 Å². The Morgan fingerprint density at radius 3 is 3.00 bits per heavy atom. The molecule has 0 unspecified atom stereocenters. The van der Waals surface area contributed by atoms with E-state index in [1.54, 1.807) is 0 Å². The van der Waals surface area contributed by atoms with Crippen LogP contribution < -0.4 is 5.32 Å². The van der Waals surface area contributed by atoms with Crippen LogP contribution in [0.1, 0.15) is 13.8 Å². The Hall–Kier alpha value is -1.16. The first kappa shape index (κ1) is 10.9. The lowest BCUT2D eigenvalue weighted by Crippen LogP contribution is -2.40. The van der Waals surface area contributed by atoms with Crippen LogP contribution >= 0.6 is 0 Å². The molecule has 1 heterocycles. The summed E-state index contributed by atoms with van der Waals surface area (Å²) < 4.78 is 4.70. The topological polar surface area (TPSA) is 50.7 Å². The Bertz CT molecular complexity index is 271. The molecule has 1 aliphatic rings. The maximum Gasteiger partial charge on any atom is 0.316 e. The van der Waals surface area contributed by atoms with Gasteiger partial charge in [-0.1, -0.05) is 13.0 Å². The van der Waals surface area contributed by atoms with Crippen molar-refractivity contribution in [2.75, 3.05) is 13.7 Å². The molecule has 0 amide bonds. The van der Waals surface area contributed by atoms with Crippen molar-refractivity contribution < 1.29 is 9.53 Å². The highest BCUT2D eigenvalue weighted by Crippen LogP contribution is 2.14. The summed E-state index contributed by atoms with van der Waals surface area (Å²) in [7, 11) is 1.39. The Balaban J connectivity index is 2.75. The standard InChI is InChI=1S/C10H16N2O2/c1-4-11-9-8(10(13)14-3)6-5-7(2)12-9/h5-6,8-9,11H,4H2,1-3H3/t8-,9-/m1/s1. The third kappa shape index (κ3) is 2.42. The maximum absolute atomic E-state index is 11.4. The second-order valence-electron chi connectivity index (χ2n) is 3.18. The number of allylic oxidation sites excluding steroid dienone is 1. The number of hydrogen-bond donors (Lipinski definition) is 1. The zero-order chi connectivity index (χ0) is 10.6. The number of nitrogens with one attached hydrogen (secondary N) is 1. The molecule has 0 saturated heterocycles. The molecular formula is C10H16N2O2. The Kier molecular flexibility index (Phi) is 3.83. The molecule has 0 saturated carbocycles. The van der Waals surface area contributed by atoms with E-state index in [2.05, 4.69) is 10.3 Å². The minimum absolute atomic E-state index is 0.183. The molecule has 0 aromatic carbocycles. The van der Waals surface area contributed by atoms with E-state index in [4.69, 9.17) is 4.74 Å². The highest BCUT2D eigenvalue weighted by molar-refractivity contribution is 5.95. The van der Waals surface area contributed by atoms with Crippen molar-refractivity contribution in [2.24, 2.45) is 10.9 Å². The van der Waals surface area contributed by atoms with E-state index in [0.717, 1.165) is 12.3 Å². The van der Waals surface area contributed by atoms with Crippen LogP contribution in [0.25, 0.3) is 0 Å². The van der Waals surface area contributed by atoms with Crippen LogP contribution in [-0.2, 0) is 9.53 Å². The first-order chi connectivity index (χ1) is 6.69. The number of rotatable bonds is 3. The quantitative estimate of drug-likeness (QED) is 0.677. The van der Waals surface area contributed by atoms with E-state index >= 15 is 0 Å². The predicted molar refractivity (Wildman–Crippen MR) is 55.2 cm³/mol. The molecule has 4 nitrogen and oxygen atoms in total. The van der Waals surface area contributed by atoms with Crippen molar-refractivity contribution in [3.8, 4) is 0 Å². The smallest absolute Gasteiger partial charge is 0.316 e. The summed E-state index contributed by atoms with van der Waals surface area (Å²) in [5.41, 5.74) is 0.927. The van der Waals surface area contributed by atoms with Crippen molar-refractivity contribution in [3.63, 3.8) is 0 Å². The number of ether oxygens (including phenoxy) is 1. The maximum atomic E-state index is 11.4. The van der Waals surface area contributed by atoms with Crippen molar-refractivity contribution in [1.29, 1.82) is 0 Å². The third-order valence-electron chi connectivity index (χ3n) is 2.11. The van der Waals surface area contributed by atoms with Gasteiger partial charge in [0.15, 0.2) is 0 Å². The minimum atomic E-state index is -0.302. The first-order valence-corrected chi connectivity index (χ1v) is 4.72. The molecule has 4 heteroatoms. The molecule has 2 atom stereocenters. The number of hydrogen-bond acceptors (Lipinski definition) is 4. The largest absolute Gasteiger partial charge is 0.468 e. The van der Waals surface area contributed by atoms with E-state index in [-0.39, 0.29) is 18.1 Å². The Morgan fingerprint density at radius 2 is 2.43 bits per heavy atom. The lowest BCUT2D eigenvalue weighted by molar-refractivity contribution is -0.144. The number of carbonyl (C=O) groups is 1. The fraction of sp³-hybridized carbons (Fsp3) is 0.600. The average Bonchev–Trinajstić information content (AvgIpc) is 2.17. The Morgan fingerprint density at radius 1 is 1.71 bits per heavy atom. The summed E-state index contributed by atoms with van der Waals surface area (Å²) in [5, 5.41) is 3.14. The fourth-order valence-corrected chi connectivity index (χ4v) is 1.42. The van der Waals surface area contributed by atoms with Crippen molar-refractivity contribution >= 4 is 11.7 Å². The van der Waals surface area contributed by atoms with Crippen LogP contribution in [-0.4, -0.2) is 31.5 Å². The van der Waals surface area contributed by atoms with Gasteiger partial charge in [-0.05, 0) is 19.5 Å². The van der Waals surface area contributed by atoms with Gasteiger partial charge in [0.05, 0.1) is 7.11 Å². The van der Waals surface area contributed by atoms with Crippen molar-refractivity contribution in [2.45, 2.75) is 20.0 Å². The van der Waals surface area contributed by atoms with Crippen molar-refractivity contribution in [3.05, 3.63) is 12.2 Å². The van der Waals surface area contributed by atoms with E-state index in [9.17, 15) is 4.79 Å². The summed E-state index contributed by atoms with van der Waals surface area (Å²) in [6.07, 6.45) is 3.49. The van der Waals surface area contributed by atoms with E-state index in [1.165, 1.54) is 7.11 Å². The molecule has 0 spiro atoms. The predicted octanol–water partition coefficient (Wildman–Crippen LogP) is 0.742. The molecule has 0 bridgehead atoms. The zero-order valence-corrected chi connectivity index (χ0v) is 8.78. The molecule has 0 radical (unpaired) electrons. The van der Waals surface area contributed by atoms with E-state index < -0.39 is 0 Å². The molecule has 1 N–H and O–H groups in total. The summed E-state index contributed by atoms with van der Waals surface area (Å²) in [4.78, 5) is 15.7. The molecule has 0 fully saturated rings. The molecule has 0 aliphatic carbocycles. The highest BCUT2D eigenvalue weighted by atomic mass is 16.5. The van der Waals surface area contributed by atoms with Crippen molar-refractivity contribution in [1.82, 2.24) is 5.32 Å². The molecule has 0 aromatic heterocycles. The van der Waals surface area contributed by atoms with Gasteiger partial charge in [-0.3, -0.25) is 15.1 Å². The summed E-state index contributed by atoms with van der Waals surface area (Å²) in [6, 6.07) is 0. The van der Waals surface area contributed by atoms with Gasteiger partial charge in [0.2, 0.25) is 0 Å². The van der Waals surface area contributed by atoms with Gasteiger partial charge in [0.1, 0.15) is 12.1 Å². The normalized spacial score (nSPS) is 25.8. The summed E-state index contributed by atoms with van der Waals surface area (Å²) in [6.45, 7) is 4.68. The van der Waals surface area contributed by atoms with Gasteiger partial charge >= 0.3 is 5.97 Å². The molecule has 14 heavy (non-hydrogen) atoms. The summed E-state index contributed by atoms with van der Waals surface area (Å²) in [5.74, 6) is -0.549. The molecular weight excluding hydrogens is 180 g/mol.